The fourth-order valence-electron chi connectivity index (χ4n) is 0.840. The average Bonchev–Trinajstić information content (AvgIpc) is 2.12. The van der Waals surface area contributed by atoms with Crippen LogP contribution in [-0.4, -0.2) is 4.99 Å². The summed E-state index contributed by atoms with van der Waals surface area (Å²) in [6.45, 7) is 7.93. The van der Waals surface area contributed by atoms with Gasteiger partial charge in [0.1, 0.15) is 0 Å². The van der Waals surface area contributed by atoms with Crippen molar-refractivity contribution in [2.24, 2.45) is 0 Å². The molecule has 0 spiro atoms. The fraction of sp³-hybridized carbons (Fsp3) is 0.364. The molecule has 1 aromatic carbocycles. The van der Waals surface area contributed by atoms with Gasteiger partial charge in [0.2, 0.25) is 0 Å². The Labute approximate surface area is 86.2 Å². The molecule has 0 aliphatic rings. The number of hydrogen-bond acceptors (Lipinski definition) is 1. The maximum absolute atomic E-state index is 4.90. The second-order valence-corrected chi connectivity index (χ2v) is 3.16. The molecule has 0 aromatic heterocycles. The minimum atomic E-state index is 0.800. The lowest BCUT2D eigenvalue weighted by molar-refractivity contribution is 1.47. The van der Waals surface area contributed by atoms with E-state index in [1.807, 2.05) is 32.9 Å². The number of nitrogens with one attached hydrogen (secondary N) is 1. The van der Waals surface area contributed by atoms with Crippen LogP contribution in [-0.2, 0) is 0 Å². The summed E-state index contributed by atoms with van der Waals surface area (Å²) in [5, 5.41) is 3.06. The van der Waals surface area contributed by atoms with Crippen LogP contribution in [0.15, 0.2) is 24.3 Å². The van der Waals surface area contributed by atoms with E-state index in [0.717, 1.165) is 10.7 Å². The third-order valence-electron chi connectivity index (χ3n) is 1.37. The lowest BCUT2D eigenvalue weighted by atomic mass is 10.2. The van der Waals surface area contributed by atoms with Gasteiger partial charge in [-0.2, -0.15) is 0 Å². The standard InChI is InChI=1S/C9H11NS.C2H6/c1-7-3-5-9(6-4-7)10-8(2)11;1-2/h3-6H,1-2H3,(H,10,11);1-2H3. The first kappa shape index (κ1) is 12.1. The number of hydrogen-bond donors (Lipinski definition) is 1. The minimum Gasteiger partial charge on any atom is -0.350 e. The second-order valence-electron chi connectivity index (χ2n) is 2.55. The summed E-state index contributed by atoms with van der Waals surface area (Å²) in [5.41, 5.74) is 2.32. The Morgan fingerprint density at radius 1 is 1.15 bits per heavy atom. The number of thiocarbonyl (C=S) groups is 1. The molecular formula is C11H17NS. The highest BCUT2D eigenvalue weighted by Crippen LogP contribution is 2.08. The van der Waals surface area contributed by atoms with E-state index in [1.54, 1.807) is 0 Å². The van der Waals surface area contributed by atoms with Crippen LogP contribution in [0.1, 0.15) is 26.3 Å². The number of anilines is 1. The molecule has 0 aliphatic carbocycles. The first-order valence-electron chi connectivity index (χ1n) is 4.53. The summed E-state index contributed by atoms with van der Waals surface area (Å²) in [6.07, 6.45) is 0. The summed E-state index contributed by atoms with van der Waals surface area (Å²) in [6, 6.07) is 8.15. The molecule has 0 heterocycles. The van der Waals surface area contributed by atoms with Gasteiger partial charge in [-0.05, 0) is 26.0 Å². The third-order valence-corrected chi connectivity index (χ3v) is 1.47. The van der Waals surface area contributed by atoms with Crippen molar-refractivity contribution in [1.82, 2.24) is 0 Å². The van der Waals surface area contributed by atoms with Gasteiger partial charge in [-0.25, -0.2) is 0 Å². The summed E-state index contributed by atoms with van der Waals surface area (Å²) in [7, 11) is 0. The molecule has 72 valence electrons. The molecule has 0 aliphatic heterocycles. The quantitative estimate of drug-likeness (QED) is 0.684. The molecule has 1 rings (SSSR count). The molecule has 0 saturated carbocycles. The topological polar surface area (TPSA) is 12.0 Å². The van der Waals surface area contributed by atoms with E-state index in [2.05, 4.69) is 24.4 Å². The lowest BCUT2D eigenvalue weighted by Gasteiger charge is -2.02. The van der Waals surface area contributed by atoms with Crippen LogP contribution >= 0.6 is 12.2 Å². The number of benzene rings is 1. The van der Waals surface area contributed by atoms with Gasteiger partial charge in [-0.3, -0.25) is 0 Å². The molecule has 1 N–H and O–H groups in total. The monoisotopic (exact) mass is 195 g/mol. The van der Waals surface area contributed by atoms with Crippen molar-refractivity contribution in [3.63, 3.8) is 0 Å². The lowest BCUT2D eigenvalue weighted by Crippen LogP contribution is -2.02. The van der Waals surface area contributed by atoms with E-state index in [4.69, 9.17) is 12.2 Å². The van der Waals surface area contributed by atoms with Crippen LogP contribution in [0.3, 0.4) is 0 Å². The molecule has 0 bridgehead atoms. The van der Waals surface area contributed by atoms with Crippen molar-refractivity contribution in [3.8, 4) is 0 Å². The molecule has 0 saturated heterocycles. The van der Waals surface area contributed by atoms with Gasteiger partial charge >= 0.3 is 0 Å². The predicted molar refractivity (Wildman–Crippen MR) is 64.4 cm³/mol. The van der Waals surface area contributed by atoms with Gasteiger partial charge in [0.15, 0.2) is 0 Å². The molecule has 0 radical (unpaired) electrons. The van der Waals surface area contributed by atoms with Crippen LogP contribution in [0.5, 0.6) is 0 Å². The molecule has 0 atom stereocenters. The van der Waals surface area contributed by atoms with Crippen LogP contribution < -0.4 is 5.32 Å². The van der Waals surface area contributed by atoms with E-state index < -0.39 is 0 Å². The Bertz CT molecular complexity index is 251. The molecular weight excluding hydrogens is 178 g/mol. The van der Waals surface area contributed by atoms with Crippen molar-refractivity contribution in [2.75, 3.05) is 5.32 Å². The zero-order valence-electron chi connectivity index (χ0n) is 8.72. The van der Waals surface area contributed by atoms with Crippen LogP contribution in [0.4, 0.5) is 5.69 Å². The zero-order chi connectivity index (χ0) is 10.3. The minimum absolute atomic E-state index is 0.800. The Morgan fingerprint density at radius 2 is 1.62 bits per heavy atom. The number of aryl methyl sites for hydroxylation is 1. The highest BCUT2D eigenvalue weighted by Gasteiger charge is 1.89. The summed E-state index contributed by atoms with van der Waals surface area (Å²) in [4.78, 5) is 0.800. The molecule has 0 amide bonds. The van der Waals surface area contributed by atoms with Crippen molar-refractivity contribution in [1.29, 1.82) is 0 Å². The highest BCUT2D eigenvalue weighted by atomic mass is 32.1. The van der Waals surface area contributed by atoms with Crippen molar-refractivity contribution in [2.45, 2.75) is 27.7 Å². The average molecular weight is 195 g/mol. The molecule has 13 heavy (non-hydrogen) atoms. The summed E-state index contributed by atoms with van der Waals surface area (Å²) in [5.74, 6) is 0. The van der Waals surface area contributed by atoms with Crippen LogP contribution in [0.25, 0.3) is 0 Å². The van der Waals surface area contributed by atoms with Gasteiger partial charge in [-0.15, -0.1) is 0 Å². The summed E-state index contributed by atoms with van der Waals surface area (Å²) < 4.78 is 0. The van der Waals surface area contributed by atoms with E-state index in [0.29, 0.717) is 0 Å². The Kier molecular flexibility index (Phi) is 6.15. The van der Waals surface area contributed by atoms with Crippen LogP contribution in [0, 0.1) is 6.92 Å². The van der Waals surface area contributed by atoms with Gasteiger partial charge in [0.05, 0.1) is 4.99 Å². The maximum Gasteiger partial charge on any atom is 0.0765 e. The Morgan fingerprint density at radius 3 is 2.00 bits per heavy atom. The van der Waals surface area contributed by atoms with Gasteiger partial charge in [0.25, 0.3) is 0 Å². The van der Waals surface area contributed by atoms with Gasteiger partial charge < -0.3 is 5.32 Å². The largest absolute Gasteiger partial charge is 0.350 e. The summed E-state index contributed by atoms with van der Waals surface area (Å²) >= 11 is 4.90. The van der Waals surface area contributed by atoms with Crippen molar-refractivity contribution in [3.05, 3.63) is 29.8 Å². The van der Waals surface area contributed by atoms with Gasteiger partial charge in [-0.1, -0.05) is 43.8 Å². The zero-order valence-corrected chi connectivity index (χ0v) is 9.53. The Hall–Kier alpha value is -0.890. The predicted octanol–water partition coefficient (Wildman–Crippen LogP) is 3.78. The molecule has 0 unspecified atom stereocenters. The van der Waals surface area contributed by atoms with Gasteiger partial charge in [0, 0.05) is 5.69 Å². The van der Waals surface area contributed by atoms with Crippen molar-refractivity contribution >= 4 is 22.9 Å². The first-order valence-corrected chi connectivity index (χ1v) is 4.93. The molecule has 0 fully saturated rings. The molecule has 2 heteroatoms. The van der Waals surface area contributed by atoms with E-state index in [-0.39, 0.29) is 0 Å². The van der Waals surface area contributed by atoms with Crippen molar-refractivity contribution < 1.29 is 0 Å². The van der Waals surface area contributed by atoms with E-state index in [9.17, 15) is 0 Å². The third kappa shape index (κ3) is 5.36. The SMILES string of the molecule is CC.CC(=S)Nc1ccc(C)cc1. The first-order chi connectivity index (χ1) is 6.18. The maximum atomic E-state index is 4.90. The fourth-order valence-corrected chi connectivity index (χ4v) is 0.958. The molecule has 1 nitrogen and oxygen atoms in total. The number of rotatable bonds is 1. The normalized spacial score (nSPS) is 8.31. The van der Waals surface area contributed by atoms with Crippen LogP contribution in [0.2, 0.25) is 0 Å². The second kappa shape index (κ2) is 6.61. The van der Waals surface area contributed by atoms with E-state index >= 15 is 0 Å². The van der Waals surface area contributed by atoms with E-state index in [1.165, 1.54) is 5.56 Å². The Balaban J connectivity index is 0.000000671. The molecule has 1 aromatic rings. The highest BCUT2D eigenvalue weighted by molar-refractivity contribution is 7.80. The smallest absolute Gasteiger partial charge is 0.0765 e.